The standard InChI is InChI=1S/C29H32ClN5O5S/c1-29(2,3)35(28(37)38)20-11-9-19(10-12-20)32-26-14-18(13-25(30)33-26)24-17-34(27-23(24)15-21(36)16-31-27)41(39,40)22-7-5-4-6-8-22/h4-8,13-17,19-20,36H,9-12H2,1-3H3,(H,32,33)(H,37,38)/t19-,20-. The monoisotopic (exact) mass is 597 g/mol. The van der Waals surface area contributed by atoms with Gasteiger partial charge in [0.2, 0.25) is 0 Å². The van der Waals surface area contributed by atoms with Gasteiger partial charge in [-0.15, -0.1) is 0 Å². The molecule has 10 nitrogen and oxygen atoms in total. The van der Waals surface area contributed by atoms with Gasteiger partial charge in [0.05, 0.1) is 11.1 Å². The maximum Gasteiger partial charge on any atom is 0.407 e. The number of hydrogen-bond acceptors (Lipinski definition) is 7. The Bertz CT molecular complexity index is 1690. The van der Waals surface area contributed by atoms with E-state index in [9.17, 15) is 23.4 Å². The molecule has 1 amide bonds. The Morgan fingerprint density at radius 3 is 2.41 bits per heavy atom. The summed E-state index contributed by atoms with van der Waals surface area (Å²) in [6.45, 7) is 5.71. The Hall–Kier alpha value is -3.83. The molecule has 4 aromatic rings. The highest BCUT2D eigenvalue weighted by atomic mass is 35.5. The lowest BCUT2D eigenvalue weighted by atomic mass is 9.88. The molecule has 0 aliphatic heterocycles. The molecule has 5 rings (SSSR count). The SMILES string of the molecule is CC(C)(C)N(C(=O)O)[C@H]1CC[C@H](Nc2cc(-c3cn(S(=O)(=O)c4ccccc4)c4ncc(O)cc34)cc(Cl)n2)CC1. The van der Waals surface area contributed by atoms with E-state index in [4.69, 9.17) is 11.6 Å². The van der Waals surface area contributed by atoms with E-state index in [1.54, 1.807) is 35.2 Å². The predicted molar refractivity (Wildman–Crippen MR) is 158 cm³/mol. The average Bonchev–Trinajstić information content (AvgIpc) is 3.28. The molecule has 0 bridgehead atoms. The Kier molecular flexibility index (Phi) is 7.60. The van der Waals surface area contributed by atoms with Crippen molar-refractivity contribution in [1.82, 2.24) is 18.8 Å². The number of fused-ring (bicyclic) bond motifs is 1. The molecule has 1 fully saturated rings. The zero-order chi connectivity index (χ0) is 29.5. The fraction of sp³-hybridized carbons (Fsp3) is 0.345. The van der Waals surface area contributed by atoms with Gasteiger partial charge >= 0.3 is 6.09 Å². The Balaban J connectivity index is 1.45. The second-order valence-electron chi connectivity index (χ2n) is 11.3. The van der Waals surface area contributed by atoms with Crippen molar-refractivity contribution in [2.45, 2.75) is 69.0 Å². The first-order valence-corrected chi connectivity index (χ1v) is 15.1. The quantitative estimate of drug-likeness (QED) is 0.223. The molecule has 3 N–H and O–H groups in total. The van der Waals surface area contributed by atoms with Gasteiger partial charge in [-0.3, -0.25) is 0 Å². The van der Waals surface area contributed by atoms with Gasteiger partial charge in [0.1, 0.15) is 16.7 Å². The summed E-state index contributed by atoms with van der Waals surface area (Å²) in [6.07, 6.45) is 4.70. The van der Waals surface area contributed by atoms with Crippen molar-refractivity contribution in [3.8, 4) is 16.9 Å². The minimum absolute atomic E-state index is 0.0613. The molecule has 1 aliphatic carbocycles. The van der Waals surface area contributed by atoms with Crippen molar-refractivity contribution in [3.05, 3.63) is 66.1 Å². The van der Waals surface area contributed by atoms with E-state index in [0.29, 0.717) is 35.2 Å². The largest absolute Gasteiger partial charge is 0.506 e. The van der Waals surface area contributed by atoms with E-state index in [1.807, 2.05) is 20.8 Å². The molecule has 0 unspecified atom stereocenters. The minimum atomic E-state index is -3.98. The summed E-state index contributed by atoms with van der Waals surface area (Å²) in [7, 11) is -3.98. The Morgan fingerprint density at radius 2 is 1.78 bits per heavy atom. The lowest BCUT2D eigenvalue weighted by Gasteiger charge is -2.42. The summed E-state index contributed by atoms with van der Waals surface area (Å²) >= 11 is 6.43. The number of carboxylic acid groups (broad SMARTS) is 1. The molecular weight excluding hydrogens is 566 g/mol. The van der Waals surface area contributed by atoms with Crippen LogP contribution in [0.5, 0.6) is 5.75 Å². The molecule has 41 heavy (non-hydrogen) atoms. The fourth-order valence-corrected chi connectivity index (χ4v) is 7.15. The van der Waals surface area contributed by atoms with E-state index in [1.165, 1.54) is 30.6 Å². The summed E-state index contributed by atoms with van der Waals surface area (Å²) in [5, 5.41) is 24.0. The molecule has 1 aromatic carbocycles. The number of nitrogens with one attached hydrogen (secondary N) is 1. The maximum atomic E-state index is 13.5. The maximum absolute atomic E-state index is 13.5. The van der Waals surface area contributed by atoms with Crippen molar-refractivity contribution in [2.24, 2.45) is 0 Å². The van der Waals surface area contributed by atoms with Crippen LogP contribution in [-0.2, 0) is 10.0 Å². The highest BCUT2D eigenvalue weighted by Crippen LogP contribution is 2.36. The summed E-state index contributed by atoms with van der Waals surface area (Å²) in [5.74, 6) is 0.413. The van der Waals surface area contributed by atoms with E-state index in [2.05, 4.69) is 15.3 Å². The average molecular weight is 598 g/mol. The molecule has 3 heterocycles. The van der Waals surface area contributed by atoms with Crippen molar-refractivity contribution >= 4 is 44.6 Å². The van der Waals surface area contributed by atoms with Gasteiger partial charge in [0.25, 0.3) is 10.0 Å². The number of aromatic hydroxyl groups is 1. The number of benzene rings is 1. The van der Waals surface area contributed by atoms with Crippen molar-refractivity contribution < 1.29 is 23.4 Å². The first kappa shape index (κ1) is 28.7. The molecule has 216 valence electrons. The van der Waals surface area contributed by atoms with Crippen molar-refractivity contribution in [2.75, 3.05) is 5.32 Å². The van der Waals surface area contributed by atoms with E-state index >= 15 is 0 Å². The third-order valence-corrected chi connectivity index (χ3v) is 9.20. The van der Waals surface area contributed by atoms with Gasteiger partial charge in [0.15, 0.2) is 5.65 Å². The number of hydrogen-bond donors (Lipinski definition) is 3. The third kappa shape index (κ3) is 5.82. The summed E-state index contributed by atoms with van der Waals surface area (Å²) in [6, 6.07) is 13.0. The highest BCUT2D eigenvalue weighted by Gasteiger charge is 2.35. The zero-order valence-electron chi connectivity index (χ0n) is 23.0. The molecule has 1 aliphatic rings. The van der Waals surface area contributed by atoms with Gasteiger partial charge in [0, 0.05) is 34.8 Å². The van der Waals surface area contributed by atoms with Gasteiger partial charge in [-0.2, -0.15) is 0 Å². The number of aromatic nitrogens is 3. The molecule has 3 aromatic heterocycles. The predicted octanol–water partition coefficient (Wildman–Crippen LogP) is 6.20. The first-order chi connectivity index (χ1) is 19.3. The van der Waals surface area contributed by atoms with Crippen LogP contribution in [0.15, 0.2) is 65.8 Å². The molecule has 0 saturated heterocycles. The second-order valence-corrected chi connectivity index (χ2v) is 13.5. The smallest absolute Gasteiger partial charge is 0.407 e. The number of rotatable bonds is 6. The van der Waals surface area contributed by atoms with Crippen molar-refractivity contribution in [1.29, 1.82) is 0 Å². The number of anilines is 1. The van der Waals surface area contributed by atoms with Crippen LogP contribution in [0, 0.1) is 0 Å². The van der Waals surface area contributed by atoms with E-state index < -0.39 is 21.7 Å². The highest BCUT2D eigenvalue weighted by molar-refractivity contribution is 7.90. The number of amides is 1. The lowest BCUT2D eigenvalue weighted by Crippen LogP contribution is -2.52. The Labute approximate surface area is 243 Å². The van der Waals surface area contributed by atoms with Gasteiger partial charge in [-0.05, 0) is 82.3 Å². The molecule has 0 spiro atoms. The number of pyridine rings is 2. The molecular formula is C29H32ClN5O5S. The van der Waals surface area contributed by atoms with Crippen LogP contribution < -0.4 is 5.32 Å². The van der Waals surface area contributed by atoms with E-state index in [0.717, 1.165) is 16.8 Å². The van der Waals surface area contributed by atoms with E-state index in [-0.39, 0.29) is 33.5 Å². The Morgan fingerprint density at radius 1 is 1.10 bits per heavy atom. The normalized spacial score (nSPS) is 17.9. The molecule has 0 radical (unpaired) electrons. The third-order valence-electron chi connectivity index (χ3n) is 7.35. The summed E-state index contributed by atoms with van der Waals surface area (Å²) in [4.78, 5) is 22.2. The second kappa shape index (κ2) is 10.9. The number of carbonyl (C=O) groups is 1. The molecule has 0 atom stereocenters. The molecule has 12 heteroatoms. The zero-order valence-corrected chi connectivity index (χ0v) is 24.5. The van der Waals surface area contributed by atoms with Crippen LogP contribution >= 0.6 is 11.6 Å². The van der Waals surface area contributed by atoms with Crippen LogP contribution in [0.1, 0.15) is 46.5 Å². The van der Waals surface area contributed by atoms with Gasteiger partial charge in [-0.25, -0.2) is 27.2 Å². The van der Waals surface area contributed by atoms with Crippen LogP contribution in [0.2, 0.25) is 5.15 Å². The first-order valence-electron chi connectivity index (χ1n) is 13.3. The van der Waals surface area contributed by atoms with Crippen LogP contribution in [0.4, 0.5) is 10.6 Å². The van der Waals surface area contributed by atoms with Crippen LogP contribution in [-0.4, -0.2) is 61.2 Å². The van der Waals surface area contributed by atoms with Crippen LogP contribution in [0.3, 0.4) is 0 Å². The number of halogens is 1. The molecule has 1 saturated carbocycles. The summed E-state index contributed by atoms with van der Waals surface area (Å²) in [5.41, 5.74) is 0.798. The minimum Gasteiger partial charge on any atom is -0.506 e. The lowest BCUT2D eigenvalue weighted by molar-refractivity contribution is 0.0556. The van der Waals surface area contributed by atoms with Gasteiger partial charge < -0.3 is 20.4 Å². The topological polar surface area (TPSA) is 138 Å². The fourth-order valence-electron chi connectivity index (χ4n) is 5.59. The van der Waals surface area contributed by atoms with Crippen LogP contribution in [0.25, 0.3) is 22.2 Å². The van der Waals surface area contributed by atoms with Gasteiger partial charge in [-0.1, -0.05) is 29.8 Å². The van der Waals surface area contributed by atoms with Crippen molar-refractivity contribution in [3.63, 3.8) is 0 Å². The number of nitrogens with zero attached hydrogens (tertiary/aromatic N) is 4. The summed E-state index contributed by atoms with van der Waals surface area (Å²) < 4.78 is 28.2.